The zero-order chi connectivity index (χ0) is 31.2. The van der Waals surface area contributed by atoms with Gasteiger partial charge in [0, 0.05) is 5.57 Å². The van der Waals surface area contributed by atoms with Gasteiger partial charge in [-0.15, -0.1) is 0 Å². The minimum atomic E-state index is -0.412. The van der Waals surface area contributed by atoms with E-state index in [0.29, 0.717) is 97.2 Å². The highest BCUT2D eigenvalue weighted by Crippen LogP contribution is 2.27. The predicted molar refractivity (Wildman–Crippen MR) is 166 cm³/mol. The largest absolute Gasteiger partial charge is 0.504 e. The molecule has 0 aliphatic heterocycles. The van der Waals surface area contributed by atoms with Gasteiger partial charge < -0.3 is 43.0 Å². The fourth-order valence-electron chi connectivity index (χ4n) is 3.84. The van der Waals surface area contributed by atoms with Crippen molar-refractivity contribution in [1.82, 2.24) is 0 Å². The zero-order valence-electron chi connectivity index (χ0n) is 26.6. The molecule has 1 N–H and O–H groups in total. The lowest BCUT2D eigenvalue weighted by Crippen LogP contribution is -2.15. The molecule has 1 aromatic carbocycles. The van der Waals surface area contributed by atoms with Gasteiger partial charge in [-0.05, 0) is 37.5 Å². The maximum absolute atomic E-state index is 11.2. The quantitative estimate of drug-likeness (QED) is 0.0675. The molecule has 0 saturated carbocycles. The smallest absolute Gasteiger partial charge is 0.333 e. The van der Waals surface area contributed by atoms with E-state index in [9.17, 15) is 9.90 Å². The van der Waals surface area contributed by atoms with Crippen molar-refractivity contribution in [2.24, 2.45) is 0 Å². The number of aryl methyl sites for hydroxylation is 1. The second-order valence-electron chi connectivity index (χ2n) is 10.1. The molecule has 1 aromatic rings. The van der Waals surface area contributed by atoms with Crippen LogP contribution < -0.4 is 4.74 Å². The van der Waals surface area contributed by atoms with Crippen molar-refractivity contribution < 1.29 is 47.8 Å². The number of phenolic OH excluding ortho intramolecular Hbond substituents is 1. The third-order valence-electron chi connectivity index (χ3n) is 6.25. The van der Waals surface area contributed by atoms with Gasteiger partial charge in [-0.3, -0.25) is 0 Å². The summed E-state index contributed by atoms with van der Waals surface area (Å²) in [4.78, 5) is 11.2. The number of carbonyl (C=O) groups excluding carboxylic acids is 1. The Labute approximate surface area is 258 Å². The molecule has 43 heavy (non-hydrogen) atoms. The van der Waals surface area contributed by atoms with Crippen molar-refractivity contribution >= 4 is 5.97 Å². The van der Waals surface area contributed by atoms with Gasteiger partial charge in [0.1, 0.15) is 13.2 Å². The molecule has 0 aliphatic rings. The van der Waals surface area contributed by atoms with Crippen molar-refractivity contribution in [3.63, 3.8) is 0 Å². The summed E-state index contributed by atoms with van der Waals surface area (Å²) in [6.45, 7) is 13.3. The third-order valence-corrected chi connectivity index (χ3v) is 6.25. The fraction of sp³-hybridized carbons (Fsp3) is 0.727. The molecule has 0 radical (unpaired) electrons. The summed E-state index contributed by atoms with van der Waals surface area (Å²) in [7, 11) is 0. The molecule has 0 bridgehead atoms. The van der Waals surface area contributed by atoms with Crippen LogP contribution >= 0.6 is 0 Å². The van der Waals surface area contributed by atoms with E-state index in [1.165, 1.54) is 44.1 Å². The van der Waals surface area contributed by atoms with Crippen LogP contribution in [0.25, 0.3) is 0 Å². The highest BCUT2D eigenvalue weighted by molar-refractivity contribution is 5.86. The summed E-state index contributed by atoms with van der Waals surface area (Å²) in [6, 6.07) is 5.61. The Morgan fingerprint density at radius 1 is 0.651 bits per heavy atom. The number of rotatable bonds is 31. The van der Waals surface area contributed by atoms with Gasteiger partial charge in [0.05, 0.1) is 79.3 Å². The van der Waals surface area contributed by atoms with E-state index in [1.54, 1.807) is 13.0 Å². The lowest BCUT2D eigenvalue weighted by molar-refractivity contribution is -0.140. The number of hydrogen-bond donors (Lipinski definition) is 1. The number of aromatic hydroxyl groups is 1. The van der Waals surface area contributed by atoms with Gasteiger partial charge in [0.25, 0.3) is 0 Å². The van der Waals surface area contributed by atoms with E-state index in [4.69, 9.17) is 37.9 Å². The van der Waals surface area contributed by atoms with Gasteiger partial charge in [-0.25, -0.2) is 4.79 Å². The van der Waals surface area contributed by atoms with Crippen LogP contribution in [0.4, 0.5) is 0 Å². The first-order valence-corrected chi connectivity index (χ1v) is 15.8. The molecule has 0 saturated heterocycles. The Bertz CT molecular complexity index is 817. The first-order valence-electron chi connectivity index (χ1n) is 15.8. The standard InChI is InChI=1S/C33H56O10/c1-4-5-6-7-8-9-10-11-30-12-13-31(34)32(28-30)42-26-24-40-22-20-38-18-16-36-14-15-37-17-19-39-21-23-41-25-27-43-33(35)29(2)3/h12-13,28,34H,2,4-11,14-27H2,1,3H3. The Hall–Kier alpha value is -2.21. The van der Waals surface area contributed by atoms with Crippen LogP contribution in [0, 0.1) is 0 Å². The Balaban J connectivity index is 1.84. The second kappa shape index (κ2) is 28.6. The Morgan fingerprint density at radius 2 is 1.09 bits per heavy atom. The van der Waals surface area contributed by atoms with E-state index in [-0.39, 0.29) is 12.4 Å². The lowest BCUT2D eigenvalue weighted by Gasteiger charge is -2.11. The summed E-state index contributed by atoms with van der Waals surface area (Å²) in [5.74, 6) is 0.255. The highest BCUT2D eigenvalue weighted by atomic mass is 16.6. The zero-order valence-corrected chi connectivity index (χ0v) is 26.6. The minimum Gasteiger partial charge on any atom is -0.504 e. The van der Waals surface area contributed by atoms with Crippen LogP contribution in [0.2, 0.25) is 0 Å². The molecule has 0 spiro atoms. The van der Waals surface area contributed by atoms with Crippen LogP contribution in [-0.2, 0) is 44.4 Å². The number of esters is 1. The SMILES string of the molecule is C=C(C)C(=O)OCCOCCOCCOCCOCCOCCOCCOc1cc(CCCCCCCCC)ccc1O. The molecule has 248 valence electrons. The number of unbranched alkanes of at least 4 members (excludes halogenated alkanes) is 6. The van der Waals surface area contributed by atoms with Crippen molar-refractivity contribution in [2.45, 2.75) is 65.2 Å². The Kier molecular flexibility index (Phi) is 25.8. The molecule has 10 nitrogen and oxygen atoms in total. The summed E-state index contributed by atoms with van der Waals surface area (Å²) < 4.78 is 43.3. The summed E-state index contributed by atoms with van der Waals surface area (Å²) in [5, 5.41) is 10.1. The Morgan fingerprint density at radius 3 is 1.58 bits per heavy atom. The van der Waals surface area contributed by atoms with Gasteiger partial charge in [0.15, 0.2) is 11.5 Å². The average molecular weight is 613 g/mol. The number of hydrogen-bond acceptors (Lipinski definition) is 10. The fourth-order valence-corrected chi connectivity index (χ4v) is 3.84. The molecule has 0 amide bonds. The molecular weight excluding hydrogens is 556 g/mol. The highest BCUT2D eigenvalue weighted by Gasteiger charge is 2.05. The van der Waals surface area contributed by atoms with E-state index in [0.717, 1.165) is 12.8 Å². The van der Waals surface area contributed by atoms with E-state index in [2.05, 4.69) is 13.5 Å². The maximum atomic E-state index is 11.2. The van der Waals surface area contributed by atoms with Gasteiger partial charge in [-0.2, -0.15) is 0 Å². The number of phenols is 1. The predicted octanol–water partition coefficient (Wildman–Crippen LogP) is 5.28. The van der Waals surface area contributed by atoms with Crippen LogP contribution in [0.3, 0.4) is 0 Å². The van der Waals surface area contributed by atoms with E-state index < -0.39 is 5.97 Å². The minimum absolute atomic E-state index is 0.157. The van der Waals surface area contributed by atoms with Gasteiger partial charge in [0.2, 0.25) is 0 Å². The average Bonchev–Trinajstić information content (AvgIpc) is 3.00. The molecule has 0 heterocycles. The second-order valence-corrected chi connectivity index (χ2v) is 10.1. The third kappa shape index (κ3) is 23.9. The van der Waals surface area contributed by atoms with Crippen LogP contribution in [0.15, 0.2) is 30.4 Å². The first kappa shape index (κ1) is 38.8. The summed E-state index contributed by atoms with van der Waals surface area (Å²) in [5.41, 5.74) is 1.56. The maximum Gasteiger partial charge on any atom is 0.333 e. The molecule has 0 aromatic heterocycles. The van der Waals surface area contributed by atoms with Crippen molar-refractivity contribution in [1.29, 1.82) is 0 Å². The molecule has 0 aliphatic carbocycles. The number of benzene rings is 1. The molecule has 10 heteroatoms. The van der Waals surface area contributed by atoms with Crippen LogP contribution in [0.1, 0.15) is 64.4 Å². The van der Waals surface area contributed by atoms with E-state index in [1.807, 2.05) is 12.1 Å². The van der Waals surface area contributed by atoms with Crippen LogP contribution in [0.5, 0.6) is 11.5 Å². The first-order chi connectivity index (χ1) is 21.0. The molecule has 0 atom stereocenters. The van der Waals surface area contributed by atoms with Gasteiger partial charge in [-0.1, -0.05) is 58.1 Å². The number of ether oxygens (including phenoxy) is 8. The number of carbonyl (C=O) groups is 1. The van der Waals surface area contributed by atoms with E-state index >= 15 is 0 Å². The molecule has 0 fully saturated rings. The monoisotopic (exact) mass is 612 g/mol. The topological polar surface area (TPSA) is 111 Å². The van der Waals surface area contributed by atoms with Gasteiger partial charge >= 0.3 is 5.97 Å². The summed E-state index contributed by atoms with van der Waals surface area (Å²) >= 11 is 0. The molecule has 1 rings (SSSR count). The molecule has 0 unspecified atom stereocenters. The van der Waals surface area contributed by atoms with Crippen molar-refractivity contribution in [2.75, 3.05) is 92.5 Å². The molecular formula is C33H56O10. The summed E-state index contributed by atoms with van der Waals surface area (Å²) in [6.07, 6.45) is 9.97. The normalized spacial score (nSPS) is 11.1. The lowest BCUT2D eigenvalue weighted by atomic mass is 10.0. The van der Waals surface area contributed by atoms with Crippen LogP contribution in [-0.4, -0.2) is 104 Å². The van der Waals surface area contributed by atoms with Crippen molar-refractivity contribution in [3.8, 4) is 11.5 Å². The van der Waals surface area contributed by atoms with Crippen molar-refractivity contribution in [3.05, 3.63) is 35.9 Å².